The van der Waals surface area contributed by atoms with E-state index in [1.54, 1.807) is 70.7 Å². The van der Waals surface area contributed by atoms with Gasteiger partial charge in [0.15, 0.2) is 5.78 Å². The van der Waals surface area contributed by atoms with Crippen LogP contribution in [0.15, 0.2) is 109 Å². The van der Waals surface area contributed by atoms with E-state index in [4.69, 9.17) is 30.4 Å². The molecule has 20 heteroatoms. The summed E-state index contributed by atoms with van der Waals surface area (Å²) in [6.07, 6.45) is 2.67. The molecule has 0 saturated carbocycles. The lowest BCUT2D eigenvalue weighted by Gasteiger charge is -2.35. The van der Waals surface area contributed by atoms with Crippen LogP contribution in [0.1, 0.15) is 82.1 Å². The highest BCUT2D eigenvalue weighted by Crippen LogP contribution is 2.24. The molecule has 2 aliphatic heterocycles. The molecule has 2 fully saturated rings. The van der Waals surface area contributed by atoms with Crippen molar-refractivity contribution < 1.29 is 47.7 Å². The van der Waals surface area contributed by atoms with Crippen LogP contribution in [0.2, 0.25) is 0 Å². The summed E-state index contributed by atoms with van der Waals surface area (Å²) in [5, 5.41) is 15.2. The second-order valence-corrected chi connectivity index (χ2v) is 22.6. The number of amides is 5. The number of aryl methyl sites for hydroxylation is 1. The highest BCUT2D eigenvalue weighted by atomic mass is 16.5. The minimum atomic E-state index is -1.11. The van der Waals surface area contributed by atoms with Crippen molar-refractivity contribution in [3.8, 4) is 35.2 Å². The van der Waals surface area contributed by atoms with Gasteiger partial charge < -0.3 is 66.4 Å². The fourth-order valence-corrected chi connectivity index (χ4v) is 10.8. The van der Waals surface area contributed by atoms with Crippen molar-refractivity contribution in [2.45, 2.75) is 152 Å². The van der Waals surface area contributed by atoms with Crippen LogP contribution in [-0.2, 0) is 63.9 Å². The van der Waals surface area contributed by atoms with Crippen molar-refractivity contribution in [1.82, 2.24) is 41.3 Å². The van der Waals surface area contributed by atoms with Gasteiger partial charge in [-0.1, -0.05) is 96.8 Å². The van der Waals surface area contributed by atoms with Gasteiger partial charge in [0.05, 0.1) is 62.8 Å². The van der Waals surface area contributed by atoms with Crippen LogP contribution in [0.3, 0.4) is 0 Å². The molecule has 5 amide bonds. The Morgan fingerprint density at radius 3 is 1.57 bits per heavy atom. The summed E-state index contributed by atoms with van der Waals surface area (Å²) in [5.74, 6) is 10.8. The molecule has 6 rings (SSSR count). The van der Waals surface area contributed by atoms with Gasteiger partial charge in [0.1, 0.15) is 36.8 Å². The third-order valence-electron chi connectivity index (χ3n) is 16.5. The number of nitrogens with one attached hydrogen (secondary N) is 5. The molecule has 9 N–H and O–H groups in total. The molecule has 4 aromatic carbocycles. The maximum absolute atomic E-state index is 14.7. The quantitative estimate of drug-likeness (QED) is 0.0338. The highest BCUT2D eigenvalue weighted by Gasteiger charge is 2.41. The number of likely N-dealkylation sites (N-methyl/N-ethyl adjacent to an activating group) is 2. The van der Waals surface area contributed by atoms with Gasteiger partial charge >= 0.3 is 0 Å². The molecule has 2 saturated heterocycles. The topological polar surface area (TPSA) is 261 Å². The third-order valence-corrected chi connectivity index (χ3v) is 16.5. The fraction of sp³-hybridized carbons (Fsp3) is 0.500. The lowest BCUT2D eigenvalue weighted by molar-refractivity contribution is -0.143. The van der Waals surface area contributed by atoms with Gasteiger partial charge in [-0.15, -0.1) is 0 Å². The number of hydrogen-bond acceptors (Lipinski definition) is 15. The smallest absolute Gasteiger partial charge is 0.249 e. The zero-order valence-electron chi connectivity index (χ0n) is 52.4. The molecule has 0 aromatic heterocycles. The average molecular weight is 1210 g/mol. The van der Waals surface area contributed by atoms with Gasteiger partial charge in [0.25, 0.3) is 0 Å². The van der Waals surface area contributed by atoms with Gasteiger partial charge in [-0.25, -0.2) is 0 Å². The van der Waals surface area contributed by atoms with Crippen molar-refractivity contribution >= 4 is 35.3 Å². The molecule has 474 valence electrons. The Hall–Kier alpha value is -7.66. The van der Waals surface area contributed by atoms with Crippen molar-refractivity contribution in [3.05, 3.63) is 131 Å². The first kappa shape index (κ1) is 69.4. The number of Topliss-reactive ketones (excluding diaryl/α,β-unsaturated/α-hetero) is 1. The lowest BCUT2D eigenvalue weighted by atomic mass is 9.94. The van der Waals surface area contributed by atoms with Crippen LogP contribution in [-0.4, -0.2) is 184 Å². The Morgan fingerprint density at radius 1 is 0.602 bits per heavy atom. The molecule has 0 bridgehead atoms. The molecule has 88 heavy (non-hydrogen) atoms. The highest BCUT2D eigenvalue weighted by molar-refractivity contribution is 5.92. The van der Waals surface area contributed by atoms with Gasteiger partial charge in [0, 0.05) is 32.2 Å². The third kappa shape index (κ3) is 21.0. The maximum Gasteiger partial charge on any atom is 0.249 e. The van der Waals surface area contributed by atoms with E-state index in [0.717, 1.165) is 22.3 Å². The van der Waals surface area contributed by atoms with Gasteiger partial charge in [-0.3, -0.25) is 34.1 Å². The predicted octanol–water partition coefficient (Wildman–Crippen LogP) is 3.32. The van der Waals surface area contributed by atoms with Crippen LogP contribution in [0, 0.1) is 23.7 Å². The first-order valence-electron chi connectivity index (χ1n) is 30.6. The molecule has 1 unspecified atom stereocenters. The van der Waals surface area contributed by atoms with Crippen LogP contribution < -0.4 is 47.5 Å². The first-order chi connectivity index (χ1) is 42.4. The van der Waals surface area contributed by atoms with E-state index >= 15 is 0 Å². The van der Waals surface area contributed by atoms with E-state index in [1.165, 1.54) is 0 Å². The number of benzene rings is 4. The number of ketones is 1. The van der Waals surface area contributed by atoms with Gasteiger partial charge in [0.2, 0.25) is 29.5 Å². The van der Waals surface area contributed by atoms with E-state index in [-0.39, 0.29) is 49.3 Å². The molecule has 0 radical (unpaired) electrons. The van der Waals surface area contributed by atoms with E-state index in [0.29, 0.717) is 88.9 Å². The zero-order chi connectivity index (χ0) is 63.5. The normalized spacial score (nSPS) is 17.7. The number of methoxy groups -OCH3 is 2. The minimum absolute atomic E-state index is 0.129. The molecule has 11 atom stereocenters. The summed E-state index contributed by atoms with van der Waals surface area (Å²) in [7, 11) is 6.50. The van der Waals surface area contributed by atoms with E-state index in [1.807, 2.05) is 109 Å². The molecule has 0 aliphatic carbocycles. The van der Waals surface area contributed by atoms with E-state index < -0.39 is 72.5 Å². The SMILES string of the molecule is CN[C@@H](C)C(=O)N[C@H](C(=O)N1CCC[C@H]1CN(CCc1ccccc1)C(=O)[C@H](N)Cc1ccc(OC)cc1)[C@@H](C)OCC#CC#CCO[C@H](C)[C@H](NC(=O)[C@H](C)NC)C(=O)N1CCC[C@H]1NC(CCc1ccccc1)C(=O)[C@H](N)Cc1ccc(OC)cc1. The van der Waals surface area contributed by atoms with Crippen molar-refractivity contribution in [2.24, 2.45) is 11.5 Å². The molecular formula is C68H92N10O10. The second kappa shape index (κ2) is 36.0. The van der Waals surface area contributed by atoms with Crippen molar-refractivity contribution in [1.29, 1.82) is 0 Å². The lowest BCUT2D eigenvalue weighted by Crippen LogP contribution is -2.61. The number of nitrogens with zero attached hydrogens (tertiary/aromatic N) is 3. The summed E-state index contributed by atoms with van der Waals surface area (Å²) in [5.41, 5.74) is 17.2. The predicted molar refractivity (Wildman–Crippen MR) is 340 cm³/mol. The number of carbonyl (C=O) groups excluding carboxylic acids is 6. The van der Waals surface area contributed by atoms with Crippen LogP contribution >= 0.6 is 0 Å². The van der Waals surface area contributed by atoms with Gasteiger partial charge in [-0.2, -0.15) is 0 Å². The zero-order valence-corrected chi connectivity index (χ0v) is 52.4. The molecule has 2 heterocycles. The van der Waals surface area contributed by atoms with Gasteiger partial charge in [-0.05, 0) is 158 Å². The van der Waals surface area contributed by atoms with Crippen LogP contribution in [0.5, 0.6) is 11.5 Å². The summed E-state index contributed by atoms with van der Waals surface area (Å²) in [4.78, 5) is 89.9. The fourth-order valence-electron chi connectivity index (χ4n) is 10.8. The maximum atomic E-state index is 14.7. The van der Waals surface area contributed by atoms with Crippen LogP contribution in [0.25, 0.3) is 0 Å². The Kier molecular flexibility index (Phi) is 28.4. The monoisotopic (exact) mass is 1210 g/mol. The summed E-state index contributed by atoms with van der Waals surface area (Å²) in [6, 6.07) is 28.6. The number of likely N-dealkylation sites (tertiary alicyclic amines) is 2. The Balaban J connectivity index is 1.09. The molecule has 20 nitrogen and oxygen atoms in total. The number of carbonyl (C=O) groups is 6. The molecule has 0 spiro atoms. The largest absolute Gasteiger partial charge is 0.497 e. The molecule has 4 aromatic rings. The standard InChI is InChI=1S/C68H92N10O10/c1-46(71-5)64(80)74-61(67(83)77-38-19-25-54(77)45-76(40-37-51-23-15-12-16-24-51)66(82)58(70)44-53-29-34-56(86-8)35-30-53)48(3)87-41-17-9-10-18-42-88-49(4)62(75-65(81)47(2)72-6)68(84)78-39-20-26-60(78)73-59(36-31-50-21-13-11-14-22-50)63(79)57(69)43-52-27-32-55(85-7)33-28-52/h11-16,21-24,27-30,32-35,46-49,54,57-62,71-73H,19-20,25-26,31,36-45,69-70H2,1-8H3,(H,74,80)(H,75,81)/t46-,47-,48+,49+,54-,57+,58+,59?,60-,61-,62-/m0/s1. The molecular weight excluding hydrogens is 1120 g/mol. The summed E-state index contributed by atoms with van der Waals surface area (Å²) in [6.45, 7) is 7.97. The van der Waals surface area contributed by atoms with Crippen molar-refractivity contribution in [3.63, 3.8) is 0 Å². The summed E-state index contributed by atoms with van der Waals surface area (Å²) < 4.78 is 22.8. The Labute approximate surface area is 520 Å². The summed E-state index contributed by atoms with van der Waals surface area (Å²) >= 11 is 0. The molecule has 2 aliphatic rings. The van der Waals surface area contributed by atoms with E-state index in [9.17, 15) is 28.8 Å². The second-order valence-electron chi connectivity index (χ2n) is 22.6. The Morgan fingerprint density at radius 2 is 1.07 bits per heavy atom. The van der Waals surface area contributed by atoms with Crippen LogP contribution in [0.4, 0.5) is 0 Å². The Bertz CT molecular complexity index is 2790. The number of rotatable bonds is 33. The minimum Gasteiger partial charge on any atom is -0.497 e. The number of ether oxygens (including phenoxy) is 4. The number of nitrogens with two attached hydrogens (primary N) is 2. The van der Waals surface area contributed by atoms with Crippen molar-refractivity contribution in [2.75, 3.05) is 67.7 Å². The first-order valence-corrected chi connectivity index (χ1v) is 30.6. The van der Waals surface area contributed by atoms with E-state index in [2.05, 4.69) is 50.3 Å². The average Bonchev–Trinajstić information content (AvgIpc) is 4.15. The number of hydrogen-bond donors (Lipinski definition) is 7.